The number of pyridine rings is 1. The molecule has 0 aliphatic carbocycles. The van der Waals surface area contributed by atoms with Gasteiger partial charge in [-0.25, -0.2) is 29.4 Å². The molecule has 7 N–H and O–H groups in total. The van der Waals surface area contributed by atoms with Crippen molar-refractivity contribution < 1.29 is 34.0 Å². The number of fused-ring (bicyclic) bond motifs is 1. The number of allylic oxidation sites excluding steroid dienone is 1. The number of carbonyl (C=O) groups is 2. The molecule has 0 unspecified atom stereocenters. The van der Waals surface area contributed by atoms with Gasteiger partial charge in [0.1, 0.15) is 36.3 Å². The van der Waals surface area contributed by atoms with Crippen molar-refractivity contribution in [2.75, 3.05) is 17.8 Å². The minimum Gasteiger partial charge on any atom is -0.459 e. The number of amides is 1. The molecular formula is C24H30N8O9. The first kappa shape index (κ1) is 29.2. The number of aliphatic hydroxyl groups excluding tert-OH is 2. The van der Waals surface area contributed by atoms with Crippen molar-refractivity contribution in [3.05, 3.63) is 57.4 Å². The van der Waals surface area contributed by atoms with Crippen molar-refractivity contribution in [2.24, 2.45) is 0 Å². The Kier molecular flexibility index (Phi) is 8.13. The molecule has 17 heteroatoms. The number of aromatic nitrogens is 5. The summed E-state index contributed by atoms with van der Waals surface area (Å²) in [6.45, 7) is 8.15. The molecule has 1 aliphatic heterocycles. The Morgan fingerprint density at radius 1 is 1.27 bits per heavy atom. The number of rotatable bonds is 8. The van der Waals surface area contributed by atoms with Gasteiger partial charge in [0.05, 0.1) is 5.56 Å². The van der Waals surface area contributed by atoms with E-state index in [2.05, 4.69) is 32.4 Å². The number of nitrogen functional groups attached to an aromatic ring is 1. The Morgan fingerprint density at radius 3 is 2.63 bits per heavy atom. The van der Waals surface area contributed by atoms with Crippen LogP contribution in [0.5, 0.6) is 0 Å². The van der Waals surface area contributed by atoms with Crippen molar-refractivity contribution in [3.8, 4) is 0 Å². The number of carbonyl (C=O) groups excluding carboxylic acids is 2. The van der Waals surface area contributed by atoms with Gasteiger partial charge in [-0.1, -0.05) is 6.08 Å². The maximum atomic E-state index is 13.2. The zero-order valence-corrected chi connectivity index (χ0v) is 22.4. The minimum absolute atomic E-state index is 0.0417. The number of esters is 1. The van der Waals surface area contributed by atoms with Gasteiger partial charge in [0, 0.05) is 12.7 Å². The van der Waals surface area contributed by atoms with Crippen LogP contribution in [0.15, 0.2) is 40.6 Å². The van der Waals surface area contributed by atoms with E-state index in [4.69, 9.17) is 19.9 Å². The van der Waals surface area contributed by atoms with Gasteiger partial charge >= 0.3 is 17.8 Å². The van der Waals surface area contributed by atoms with Crippen LogP contribution >= 0.6 is 0 Å². The number of nitrogens with zero attached hydrogens (tertiary/aromatic N) is 4. The standard InChI is InChI=1S/C24H30N8O9/c1-5-8-31-14-17(27-21(25)28-18(14)35)32(23(31)38)19-16(34)15(33)12(40-19)10-39-20(36)11-6-7-13(26-9-11)29-30-22(37)41-24(2,3)4/h5-7,9,12,15-16,19,33-34H,1,8,10H2,2-4H3,(H,26,29)(H,30,37)(H3,25,27,28,35)/t12-,15+,16-,19-/m1/s1. The lowest BCUT2D eigenvalue weighted by molar-refractivity contribution is -0.0579. The summed E-state index contributed by atoms with van der Waals surface area (Å²) in [6.07, 6.45) is -4.09. The molecule has 0 aromatic carbocycles. The van der Waals surface area contributed by atoms with Crippen LogP contribution in [-0.2, 0) is 20.8 Å². The van der Waals surface area contributed by atoms with E-state index < -0.39 is 60.1 Å². The van der Waals surface area contributed by atoms with Gasteiger partial charge in [-0.15, -0.1) is 6.58 Å². The SMILES string of the molecule is C=CCn1c(=O)n([C@@H]2O[C@H](COC(=O)c3ccc(NNC(=O)OC(C)(C)C)nc3)[C@H](O)[C@H]2O)c2nc(N)[nH]c(=O)c21. The van der Waals surface area contributed by atoms with Crippen molar-refractivity contribution in [1.82, 2.24) is 29.5 Å². The average Bonchev–Trinajstić information content (AvgIpc) is 3.32. The van der Waals surface area contributed by atoms with Gasteiger partial charge in [-0.2, -0.15) is 4.98 Å². The zero-order valence-electron chi connectivity index (χ0n) is 22.4. The van der Waals surface area contributed by atoms with E-state index in [1.54, 1.807) is 20.8 Å². The third-order valence-electron chi connectivity index (χ3n) is 5.80. The molecule has 0 spiro atoms. The molecule has 3 aromatic rings. The minimum atomic E-state index is -1.65. The predicted octanol–water partition coefficient (Wildman–Crippen LogP) is -0.623. The third-order valence-corrected chi connectivity index (χ3v) is 5.80. The van der Waals surface area contributed by atoms with E-state index >= 15 is 0 Å². The van der Waals surface area contributed by atoms with Crippen LogP contribution in [0.2, 0.25) is 0 Å². The highest BCUT2D eigenvalue weighted by molar-refractivity contribution is 5.89. The molecule has 1 saturated heterocycles. The summed E-state index contributed by atoms with van der Waals surface area (Å²) >= 11 is 0. The Hall–Kier alpha value is -4.74. The summed E-state index contributed by atoms with van der Waals surface area (Å²) in [5.74, 6) is -0.887. The number of nitrogens with two attached hydrogens (primary N) is 1. The zero-order chi connectivity index (χ0) is 30.1. The highest BCUT2D eigenvalue weighted by atomic mass is 16.6. The molecule has 3 aromatic heterocycles. The molecule has 220 valence electrons. The van der Waals surface area contributed by atoms with Gasteiger partial charge in [0.15, 0.2) is 17.4 Å². The topological polar surface area (TPSA) is 238 Å². The highest BCUT2D eigenvalue weighted by Gasteiger charge is 2.46. The van der Waals surface area contributed by atoms with Crippen LogP contribution in [0.4, 0.5) is 16.6 Å². The largest absolute Gasteiger partial charge is 0.459 e. The lowest BCUT2D eigenvalue weighted by atomic mass is 10.1. The van der Waals surface area contributed by atoms with Crippen molar-refractivity contribution in [2.45, 2.75) is 57.5 Å². The fraction of sp³-hybridized carbons (Fsp3) is 0.417. The Balaban J connectivity index is 1.43. The van der Waals surface area contributed by atoms with E-state index in [1.165, 1.54) is 24.4 Å². The predicted molar refractivity (Wildman–Crippen MR) is 143 cm³/mol. The van der Waals surface area contributed by atoms with Crippen molar-refractivity contribution in [3.63, 3.8) is 0 Å². The summed E-state index contributed by atoms with van der Waals surface area (Å²) in [4.78, 5) is 60.3. The number of hydrazine groups is 1. The number of ether oxygens (including phenoxy) is 3. The summed E-state index contributed by atoms with van der Waals surface area (Å²) in [5.41, 5.74) is 8.09. The molecule has 1 aliphatic rings. The molecule has 41 heavy (non-hydrogen) atoms. The van der Waals surface area contributed by atoms with Gasteiger partial charge in [0.25, 0.3) is 5.56 Å². The van der Waals surface area contributed by atoms with Crippen molar-refractivity contribution >= 4 is 35.0 Å². The quantitative estimate of drug-likeness (QED) is 0.112. The number of anilines is 2. The molecule has 4 atom stereocenters. The molecule has 4 rings (SSSR count). The van der Waals surface area contributed by atoms with Crippen LogP contribution < -0.4 is 27.8 Å². The molecule has 17 nitrogen and oxygen atoms in total. The fourth-order valence-corrected chi connectivity index (χ4v) is 4.06. The molecule has 0 radical (unpaired) electrons. The van der Waals surface area contributed by atoms with E-state index in [1.807, 2.05) is 0 Å². The summed E-state index contributed by atoms with van der Waals surface area (Å²) in [7, 11) is 0. The summed E-state index contributed by atoms with van der Waals surface area (Å²) in [6, 6.07) is 2.78. The number of H-pyrrole nitrogens is 1. The number of hydrogen-bond acceptors (Lipinski definition) is 13. The van der Waals surface area contributed by atoms with E-state index in [9.17, 15) is 29.4 Å². The number of nitrogens with one attached hydrogen (secondary N) is 3. The van der Waals surface area contributed by atoms with Crippen LogP contribution in [0.3, 0.4) is 0 Å². The molecule has 1 amide bonds. The summed E-state index contributed by atoms with van der Waals surface area (Å²) in [5, 5.41) is 21.3. The van der Waals surface area contributed by atoms with Gasteiger partial charge in [-0.3, -0.25) is 19.8 Å². The number of imidazole rings is 1. The number of hydrogen-bond donors (Lipinski definition) is 6. The highest BCUT2D eigenvalue weighted by Crippen LogP contribution is 2.30. The average molecular weight is 575 g/mol. The molecular weight excluding hydrogens is 544 g/mol. The van der Waals surface area contributed by atoms with E-state index in [0.29, 0.717) is 0 Å². The molecule has 1 fully saturated rings. The van der Waals surface area contributed by atoms with E-state index in [-0.39, 0.29) is 35.0 Å². The second-order valence-corrected chi connectivity index (χ2v) is 10.0. The first-order chi connectivity index (χ1) is 19.3. The lowest BCUT2D eigenvalue weighted by Crippen LogP contribution is -2.36. The van der Waals surface area contributed by atoms with Gasteiger partial charge in [-0.05, 0) is 32.9 Å². The third kappa shape index (κ3) is 6.21. The van der Waals surface area contributed by atoms with Gasteiger partial charge in [0.2, 0.25) is 5.95 Å². The monoisotopic (exact) mass is 574 g/mol. The Morgan fingerprint density at radius 2 is 2.00 bits per heavy atom. The van der Waals surface area contributed by atoms with Crippen LogP contribution in [0.25, 0.3) is 11.2 Å². The maximum absolute atomic E-state index is 13.2. The second-order valence-electron chi connectivity index (χ2n) is 10.0. The lowest BCUT2D eigenvalue weighted by Gasteiger charge is -2.19. The van der Waals surface area contributed by atoms with Gasteiger partial charge < -0.3 is 30.2 Å². The van der Waals surface area contributed by atoms with Crippen molar-refractivity contribution in [1.29, 1.82) is 0 Å². The fourth-order valence-electron chi connectivity index (χ4n) is 4.06. The number of aliphatic hydroxyl groups is 2. The Labute approximate surface area is 231 Å². The first-order valence-electron chi connectivity index (χ1n) is 12.3. The van der Waals surface area contributed by atoms with Crippen LogP contribution in [-0.4, -0.2) is 76.9 Å². The summed E-state index contributed by atoms with van der Waals surface area (Å²) < 4.78 is 18.0. The molecule has 4 heterocycles. The normalized spacial score (nSPS) is 20.5. The molecule has 0 saturated carbocycles. The first-order valence-corrected chi connectivity index (χ1v) is 12.3. The smallest absolute Gasteiger partial charge is 0.426 e. The Bertz CT molecular complexity index is 1570. The number of aromatic amines is 1. The van der Waals surface area contributed by atoms with Crippen LogP contribution in [0.1, 0.15) is 37.4 Å². The maximum Gasteiger partial charge on any atom is 0.426 e. The van der Waals surface area contributed by atoms with E-state index in [0.717, 1.165) is 9.13 Å². The molecule has 0 bridgehead atoms. The second kappa shape index (κ2) is 11.4. The van der Waals surface area contributed by atoms with Crippen LogP contribution in [0, 0.1) is 0 Å².